The molecule has 0 saturated carbocycles. The first-order valence-corrected chi connectivity index (χ1v) is 8.63. The molecule has 4 amide bonds. The zero-order valence-electron chi connectivity index (χ0n) is 15.8. The van der Waals surface area contributed by atoms with Crippen molar-refractivity contribution in [1.82, 2.24) is 15.8 Å². The maximum Gasteiger partial charge on any atom is 0.344 e. The summed E-state index contributed by atoms with van der Waals surface area (Å²) in [6.45, 7) is 3.17. The number of amides is 4. The van der Waals surface area contributed by atoms with Gasteiger partial charge in [0.15, 0.2) is 6.61 Å². The molecule has 1 saturated heterocycles. The van der Waals surface area contributed by atoms with E-state index in [9.17, 15) is 14.4 Å². The fourth-order valence-electron chi connectivity index (χ4n) is 2.81. The van der Waals surface area contributed by atoms with Gasteiger partial charge in [-0.05, 0) is 43.7 Å². The monoisotopic (exact) mass is 383 g/mol. The molecule has 2 N–H and O–H groups in total. The van der Waals surface area contributed by atoms with Gasteiger partial charge in [-0.1, -0.05) is 29.8 Å². The van der Waals surface area contributed by atoms with Gasteiger partial charge in [0.25, 0.3) is 11.8 Å². The number of hydrogen-bond acceptors (Lipinski definition) is 5. The van der Waals surface area contributed by atoms with Crippen molar-refractivity contribution in [1.29, 1.82) is 0 Å². The highest BCUT2D eigenvalue weighted by Gasteiger charge is 2.50. The van der Waals surface area contributed by atoms with Crippen LogP contribution in [0.1, 0.15) is 18.1 Å². The largest absolute Gasteiger partial charge is 0.497 e. The molecule has 1 aliphatic rings. The Hall–Kier alpha value is -3.55. The summed E-state index contributed by atoms with van der Waals surface area (Å²) in [5.41, 5.74) is 2.57. The number of hydrogen-bond donors (Lipinski definition) is 2. The van der Waals surface area contributed by atoms with E-state index in [2.05, 4.69) is 10.7 Å². The van der Waals surface area contributed by atoms with Gasteiger partial charge >= 0.3 is 6.03 Å². The molecule has 1 atom stereocenters. The maximum atomic E-state index is 12.8. The average Bonchev–Trinajstić information content (AvgIpc) is 2.91. The van der Waals surface area contributed by atoms with Crippen molar-refractivity contribution < 1.29 is 23.9 Å². The van der Waals surface area contributed by atoms with Crippen molar-refractivity contribution in [3.05, 3.63) is 59.7 Å². The lowest BCUT2D eigenvalue weighted by atomic mass is 9.92. The van der Waals surface area contributed by atoms with Crippen molar-refractivity contribution in [2.45, 2.75) is 19.4 Å². The predicted molar refractivity (Wildman–Crippen MR) is 101 cm³/mol. The number of benzene rings is 2. The third kappa shape index (κ3) is 3.75. The van der Waals surface area contributed by atoms with Crippen LogP contribution in [0.4, 0.5) is 4.79 Å². The highest BCUT2D eigenvalue weighted by atomic mass is 16.5. The van der Waals surface area contributed by atoms with Gasteiger partial charge in [0.2, 0.25) is 0 Å². The molecule has 0 aromatic heterocycles. The summed E-state index contributed by atoms with van der Waals surface area (Å²) in [5.74, 6) is -0.165. The summed E-state index contributed by atoms with van der Waals surface area (Å²) in [6, 6.07) is 13.3. The predicted octanol–water partition coefficient (Wildman–Crippen LogP) is 1.88. The van der Waals surface area contributed by atoms with Gasteiger partial charge in [0, 0.05) is 0 Å². The summed E-state index contributed by atoms with van der Waals surface area (Å²) >= 11 is 0. The molecular formula is C20H21N3O5. The molecule has 1 aliphatic heterocycles. The number of carbonyl (C=O) groups excluding carboxylic acids is 3. The van der Waals surface area contributed by atoms with Crippen molar-refractivity contribution in [3.63, 3.8) is 0 Å². The van der Waals surface area contributed by atoms with E-state index >= 15 is 0 Å². The fraction of sp³-hybridized carbons (Fsp3) is 0.250. The summed E-state index contributed by atoms with van der Waals surface area (Å²) < 4.78 is 10.5. The van der Waals surface area contributed by atoms with Gasteiger partial charge in [0.1, 0.15) is 17.0 Å². The second-order valence-corrected chi connectivity index (χ2v) is 6.56. The Labute approximate surface area is 162 Å². The van der Waals surface area contributed by atoms with E-state index in [1.165, 1.54) is 7.11 Å². The number of ether oxygens (including phenoxy) is 2. The Morgan fingerprint density at radius 2 is 1.86 bits per heavy atom. The fourth-order valence-corrected chi connectivity index (χ4v) is 2.81. The molecule has 8 nitrogen and oxygen atoms in total. The second kappa shape index (κ2) is 7.59. The summed E-state index contributed by atoms with van der Waals surface area (Å²) in [6.07, 6.45) is 0. The first kappa shape index (κ1) is 19.2. The molecule has 0 bridgehead atoms. The number of urea groups is 1. The van der Waals surface area contributed by atoms with Crippen LogP contribution in [-0.2, 0) is 15.1 Å². The smallest absolute Gasteiger partial charge is 0.344 e. The highest BCUT2D eigenvalue weighted by Crippen LogP contribution is 2.30. The van der Waals surface area contributed by atoms with Gasteiger partial charge < -0.3 is 14.8 Å². The van der Waals surface area contributed by atoms with E-state index in [-0.39, 0.29) is 6.61 Å². The van der Waals surface area contributed by atoms with Crippen molar-refractivity contribution >= 4 is 17.8 Å². The standard InChI is InChI=1S/C20H21N3O5/c1-13-7-9-15(10-8-13)28-12-17(24)22-23-18(25)20(2,21-19(23)26)14-5-4-6-16(11-14)27-3/h4-11H,12H2,1-3H3,(H,21,26)(H,22,24)/t20-/m0/s1. The first-order chi connectivity index (χ1) is 13.3. The molecule has 1 heterocycles. The van der Waals surface area contributed by atoms with E-state index in [1.54, 1.807) is 43.3 Å². The number of rotatable bonds is 6. The highest BCUT2D eigenvalue weighted by molar-refractivity contribution is 6.08. The van der Waals surface area contributed by atoms with E-state index in [4.69, 9.17) is 9.47 Å². The van der Waals surface area contributed by atoms with Crippen LogP contribution in [0.15, 0.2) is 48.5 Å². The number of aryl methyl sites for hydroxylation is 1. The molecule has 146 valence electrons. The quantitative estimate of drug-likeness (QED) is 0.743. The lowest BCUT2D eigenvalue weighted by Gasteiger charge is -2.22. The molecule has 2 aromatic rings. The van der Waals surface area contributed by atoms with E-state index < -0.39 is 23.4 Å². The van der Waals surface area contributed by atoms with Crippen LogP contribution in [0.5, 0.6) is 11.5 Å². The van der Waals surface area contributed by atoms with Crippen LogP contribution >= 0.6 is 0 Å². The summed E-state index contributed by atoms with van der Waals surface area (Å²) in [5, 5.41) is 3.28. The molecule has 0 unspecified atom stereocenters. The molecule has 0 radical (unpaired) electrons. The minimum absolute atomic E-state index is 0.337. The maximum absolute atomic E-state index is 12.8. The van der Waals surface area contributed by atoms with E-state index in [1.807, 2.05) is 19.1 Å². The molecule has 8 heteroatoms. The van der Waals surface area contributed by atoms with Crippen molar-refractivity contribution in [3.8, 4) is 11.5 Å². The van der Waals surface area contributed by atoms with Gasteiger partial charge in [-0.25, -0.2) is 4.79 Å². The molecule has 2 aromatic carbocycles. The second-order valence-electron chi connectivity index (χ2n) is 6.56. The number of carbonyl (C=O) groups is 3. The van der Waals surface area contributed by atoms with Crippen molar-refractivity contribution in [2.75, 3.05) is 13.7 Å². The molecule has 3 rings (SSSR count). The number of nitrogens with one attached hydrogen (secondary N) is 2. The van der Waals surface area contributed by atoms with Crippen LogP contribution in [0.2, 0.25) is 0 Å². The van der Waals surface area contributed by atoms with Gasteiger partial charge in [-0.3, -0.25) is 15.0 Å². The topological polar surface area (TPSA) is 97.0 Å². The molecule has 28 heavy (non-hydrogen) atoms. The number of imide groups is 1. The minimum Gasteiger partial charge on any atom is -0.497 e. The zero-order chi connectivity index (χ0) is 20.3. The Morgan fingerprint density at radius 3 is 2.54 bits per heavy atom. The Morgan fingerprint density at radius 1 is 1.14 bits per heavy atom. The lowest BCUT2D eigenvalue weighted by Crippen LogP contribution is -2.49. The zero-order valence-corrected chi connectivity index (χ0v) is 15.8. The Bertz CT molecular complexity index is 912. The van der Waals surface area contributed by atoms with Crippen LogP contribution in [0.25, 0.3) is 0 Å². The SMILES string of the molecule is COc1cccc([C@]2(C)NC(=O)N(NC(=O)COc3ccc(C)cc3)C2=O)c1. The van der Waals surface area contributed by atoms with Gasteiger partial charge in [0.05, 0.1) is 7.11 Å². The lowest BCUT2D eigenvalue weighted by molar-refractivity contribution is -0.139. The Balaban J connectivity index is 1.67. The van der Waals surface area contributed by atoms with E-state index in [0.29, 0.717) is 22.1 Å². The molecule has 0 aliphatic carbocycles. The van der Waals surface area contributed by atoms with Gasteiger partial charge in [-0.2, -0.15) is 5.01 Å². The number of methoxy groups -OCH3 is 1. The number of nitrogens with zero attached hydrogens (tertiary/aromatic N) is 1. The van der Waals surface area contributed by atoms with Crippen LogP contribution < -0.4 is 20.2 Å². The normalized spacial score (nSPS) is 18.6. The van der Waals surface area contributed by atoms with Gasteiger partial charge in [-0.15, -0.1) is 0 Å². The average molecular weight is 383 g/mol. The van der Waals surface area contributed by atoms with Crippen LogP contribution in [0, 0.1) is 6.92 Å². The molecule has 0 spiro atoms. The number of hydrazine groups is 1. The Kier molecular flexibility index (Phi) is 5.21. The third-order valence-electron chi connectivity index (χ3n) is 4.47. The first-order valence-electron chi connectivity index (χ1n) is 8.63. The van der Waals surface area contributed by atoms with Crippen LogP contribution in [0.3, 0.4) is 0 Å². The van der Waals surface area contributed by atoms with Crippen LogP contribution in [-0.4, -0.2) is 36.6 Å². The summed E-state index contributed by atoms with van der Waals surface area (Å²) in [7, 11) is 1.51. The van der Waals surface area contributed by atoms with E-state index in [0.717, 1.165) is 5.56 Å². The minimum atomic E-state index is -1.32. The molecular weight excluding hydrogens is 362 g/mol. The van der Waals surface area contributed by atoms with Crippen molar-refractivity contribution in [2.24, 2.45) is 0 Å². The summed E-state index contributed by atoms with van der Waals surface area (Å²) in [4.78, 5) is 37.3. The molecule has 1 fully saturated rings. The third-order valence-corrected chi connectivity index (χ3v) is 4.47.